The third kappa shape index (κ3) is 2.61. The lowest BCUT2D eigenvalue weighted by Gasteiger charge is -2.36. The van der Waals surface area contributed by atoms with E-state index in [9.17, 15) is 9.90 Å². The molecule has 0 radical (unpaired) electrons. The predicted octanol–water partition coefficient (Wildman–Crippen LogP) is 2.51. The van der Waals surface area contributed by atoms with Gasteiger partial charge in [0.05, 0.1) is 5.92 Å². The molecule has 1 saturated heterocycles. The van der Waals surface area contributed by atoms with E-state index in [1.54, 1.807) is 6.33 Å². The Hall–Kier alpha value is -1.65. The standard InChI is InChI=1S/C16H23N3O2/c1-2-12-8-14(18-11-17-12)19-9-13(15(20)21)16(10-19)6-4-3-5-7-16/h8,11,13H,2-7,9-10H2,1H3,(H,20,21). The molecule has 2 aliphatic rings. The van der Waals surface area contributed by atoms with Gasteiger partial charge in [-0.3, -0.25) is 4.79 Å². The molecular weight excluding hydrogens is 266 g/mol. The number of carboxylic acids is 1. The van der Waals surface area contributed by atoms with Crippen LogP contribution >= 0.6 is 0 Å². The number of aromatic nitrogens is 2. The van der Waals surface area contributed by atoms with Crippen LogP contribution in [0.3, 0.4) is 0 Å². The number of aliphatic carboxylic acids is 1. The molecule has 0 bridgehead atoms. The molecule has 1 atom stereocenters. The van der Waals surface area contributed by atoms with Gasteiger partial charge in [-0.25, -0.2) is 9.97 Å². The average Bonchev–Trinajstić information content (AvgIpc) is 2.87. The van der Waals surface area contributed by atoms with Gasteiger partial charge in [-0.1, -0.05) is 26.2 Å². The van der Waals surface area contributed by atoms with Crippen LogP contribution in [0.5, 0.6) is 0 Å². The number of hydrogen-bond donors (Lipinski definition) is 1. The zero-order valence-electron chi connectivity index (χ0n) is 12.6. The summed E-state index contributed by atoms with van der Waals surface area (Å²) in [5, 5.41) is 9.64. The van der Waals surface area contributed by atoms with Gasteiger partial charge in [-0.15, -0.1) is 0 Å². The van der Waals surface area contributed by atoms with Crippen LogP contribution in [0, 0.1) is 11.3 Å². The van der Waals surface area contributed by atoms with E-state index in [1.807, 2.05) is 6.07 Å². The summed E-state index contributed by atoms with van der Waals surface area (Å²) in [5.74, 6) is -0.0300. The van der Waals surface area contributed by atoms with Gasteiger partial charge in [0.25, 0.3) is 0 Å². The fourth-order valence-electron chi connectivity index (χ4n) is 4.00. The molecule has 3 rings (SSSR count). The van der Waals surface area contributed by atoms with Gasteiger partial charge in [-0.2, -0.15) is 0 Å². The number of hydrogen-bond acceptors (Lipinski definition) is 4. The molecule has 21 heavy (non-hydrogen) atoms. The lowest BCUT2D eigenvalue weighted by atomic mass is 9.68. The third-order valence-electron chi connectivity index (χ3n) is 5.19. The zero-order valence-corrected chi connectivity index (χ0v) is 12.6. The summed E-state index contributed by atoms with van der Waals surface area (Å²) in [6.07, 6.45) is 8.08. The summed E-state index contributed by atoms with van der Waals surface area (Å²) < 4.78 is 0. The highest BCUT2D eigenvalue weighted by Crippen LogP contribution is 2.48. The molecule has 1 unspecified atom stereocenters. The molecule has 1 saturated carbocycles. The summed E-state index contributed by atoms with van der Waals surface area (Å²) in [4.78, 5) is 22.5. The summed E-state index contributed by atoms with van der Waals surface area (Å²) in [7, 11) is 0. The van der Waals surface area contributed by atoms with Crippen molar-refractivity contribution in [3.05, 3.63) is 18.1 Å². The monoisotopic (exact) mass is 289 g/mol. The molecule has 2 fully saturated rings. The van der Waals surface area contributed by atoms with Gasteiger partial charge >= 0.3 is 5.97 Å². The second kappa shape index (κ2) is 5.62. The van der Waals surface area contributed by atoms with Crippen molar-refractivity contribution in [3.63, 3.8) is 0 Å². The molecule has 1 aliphatic heterocycles. The molecule has 0 aromatic carbocycles. The van der Waals surface area contributed by atoms with Gasteiger partial charge in [0.2, 0.25) is 0 Å². The highest BCUT2D eigenvalue weighted by Gasteiger charge is 2.50. The Morgan fingerprint density at radius 1 is 1.38 bits per heavy atom. The van der Waals surface area contributed by atoms with E-state index in [0.717, 1.165) is 50.2 Å². The summed E-state index contributed by atoms with van der Waals surface area (Å²) in [6.45, 7) is 3.47. The van der Waals surface area contributed by atoms with Gasteiger partial charge < -0.3 is 10.0 Å². The number of carbonyl (C=O) groups is 1. The molecule has 5 nitrogen and oxygen atoms in total. The van der Waals surface area contributed by atoms with Crippen LogP contribution in [0.4, 0.5) is 5.82 Å². The smallest absolute Gasteiger partial charge is 0.308 e. The number of anilines is 1. The summed E-state index contributed by atoms with van der Waals surface area (Å²) in [6, 6.07) is 2.00. The molecule has 0 amide bonds. The fraction of sp³-hybridized carbons (Fsp3) is 0.688. The molecule has 2 heterocycles. The normalized spacial score (nSPS) is 24.4. The van der Waals surface area contributed by atoms with Gasteiger partial charge in [0.15, 0.2) is 0 Å². The Morgan fingerprint density at radius 2 is 2.14 bits per heavy atom. The van der Waals surface area contributed by atoms with Crippen molar-refractivity contribution in [3.8, 4) is 0 Å². The van der Waals surface area contributed by atoms with Crippen LogP contribution in [0.15, 0.2) is 12.4 Å². The van der Waals surface area contributed by atoms with Gasteiger partial charge in [-0.05, 0) is 19.3 Å². The molecule has 1 aliphatic carbocycles. The van der Waals surface area contributed by atoms with Crippen LogP contribution in [0.2, 0.25) is 0 Å². The maximum atomic E-state index is 11.7. The maximum Gasteiger partial charge on any atom is 0.308 e. The average molecular weight is 289 g/mol. The summed E-state index contributed by atoms with van der Waals surface area (Å²) in [5.41, 5.74) is 0.956. The van der Waals surface area contributed by atoms with Crippen molar-refractivity contribution in [2.24, 2.45) is 11.3 Å². The van der Waals surface area contributed by atoms with Crippen LogP contribution in [-0.2, 0) is 11.2 Å². The first-order valence-corrected chi connectivity index (χ1v) is 7.93. The van der Waals surface area contributed by atoms with Crippen molar-refractivity contribution in [1.82, 2.24) is 9.97 Å². The molecule has 1 N–H and O–H groups in total. The fourth-order valence-corrected chi connectivity index (χ4v) is 4.00. The van der Waals surface area contributed by atoms with Crippen LogP contribution in [0.1, 0.15) is 44.7 Å². The molecule has 1 aromatic rings. The van der Waals surface area contributed by atoms with Gasteiger partial charge in [0.1, 0.15) is 12.1 Å². The molecule has 114 valence electrons. The minimum Gasteiger partial charge on any atom is -0.481 e. The van der Waals surface area contributed by atoms with E-state index in [-0.39, 0.29) is 11.3 Å². The molecule has 1 aromatic heterocycles. The predicted molar refractivity (Wildman–Crippen MR) is 80.3 cm³/mol. The number of carboxylic acid groups (broad SMARTS) is 1. The first-order chi connectivity index (χ1) is 10.1. The van der Waals surface area contributed by atoms with Crippen LogP contribution < -0.4 is 4.90 Å². The first kappa shape index (κ1) is 14.3. The zero-order chi connectivity index (χ0) is 14.9. The lowest BCUT2D eigenvalue weighted by Crippen LogP contribution is -2.36. The topological polar surface area (TPSA) is 66.3 Å². The first-order valence-electron chi connectivity index (χ1n) is 7.93. The lowest BCUT2D eigenvalue weighted by molar-refractivity contribution is -0.145. The van der Waals surface area contributed by atoms with E-state index >= 15 is 0 Å². The van der Waals surface area contributed by atoms with Crippen molar-refractivity contribution in [2.45, 2.75) is 45.4 Å². The van der Waals surface area contributed by atoms with Crippen molar-refractivity contribution < 1.29 is 9.90 Å². The number of aryl methyl sites for hydroxylation is 1. The minimum absolute atomic E-state index is 0.0542. The van der Waals surface area contributed by atoms with Crippen LogP contribution in [-0.4, -0.2) is 34.1 Å². The molecular formula is C16H23N3O2. The molecule has 5 heteroatoms. The Kier molecular flexibility index (Phi) is 3.83. The van der Waals surface area contributed by atoms with Crippen molar-refractivity contribution >= 4 is 11.8 Å². The maximum absolute atomic E-state index is 11.7. The third-order valence-corrected chi connectivity index (χ3v) is 5.19. The van der Waals surface area contributed by atoms with Crippen molar-refractivity contribution in [2.75, 3.05) is 18.0 Å². The van der Waals surface area contributed by atoms with Gasteiger partial charge in [0, 0.05) is 30.3 Å². The van der Waals surface area contributed by atoms with E-state index in [2.05, 4.69) is 21.8 Å². The van der Waals surface area contributed by atoms with Crippen molar-refractivity contribution in [1.29, 1.82) is 0 Å². The quantitative estimate of drug-likeness (QED) is 0.926. The SMILES string of the molecule is CCc1cc(N2CC(C(=O)O)C3(CCCCC3)C2)ncn1. The number of nitrogens with zero attached hydrogens (tertiary/aromatic N) is 3. The second-order valence-electron chi connectivity index (χ2n) is 6.42. The Labute approximate surface area is 125 Å². The molecule has 1 spiro atoms. The summed E-state index contributed by atoms with van der Waals surface area (Å²) >= 11 is 0. The highest BCUT2D eigenvalue weighted by molar-refractivity contribution is 5.73. The second-order valence-corrected chi connectivity index (χ2v) is 6.42. The van der Waals surface area contributed by atoms with E-state index < -0.39 is 5.97 Å². The Bertz CT molecular complexity index is 526. The van der Waals surface area contributed by atoms with E-state index in [0.29, 0.717) is 6.54 Å². The van der Waals surface area contributed by atoms with E-state index in [1.165, 1.54) is 6.42 Å². The number of rotatable bonds is 3. The van der Waals surface area contributed by atoms with E-state index in [4.69, 9.17) is 0 Å². The Morgan fingerprint density at radius 3 is 2.81 bits per heavy atom. The Balaban J connectivity index is 1.87. The minimum atomic E-state index is -0.649. The highest BCUT2D eigenvalue weighted by atomic mass is 16.4. The largest absolute Gasteiger partial charge is 0.481 e. The van der Waals surface area contributed by atoms with Crippen LogP contribution in [0.25, 0.3) is 0 Å².